The molecule has 18 heavy (non-hydrogen) atoms. The molecule has 1 heterocycles. The van der Waals surface area contributed by atoms with Gasteiger partial charge in [-0.15, -0.1) is 0 Å². The van der Waals surface area contributed by atoms with Gasteiger partial charge in [0, 0.05) is 5.56 Å². The minimum absolute atomic E-state index is 0.236. The summed E-state index contributed by atoms with van der Waals surface area (Å²) in [5, 5.41) is 20.1. The van der Waals surface area contributed by atoms with E-state index in [0.717, 1.165) is 11.1 Å². The van der Waals surface area contributed by atoms with Crippen molar-refractivity contribution in [2.45, 2.75) is 6.92 Å². The zero-order valence-corrected chi connectivity index (χ0v) is 9.62. The third-order valence-corrected chi connectivity index (χ3v) is 2.55. The molecule has 2 N–H and O–H groups in total. The summed E-state index contributed by atoms with van der Waals surface area (Å²) in [5.74, 6) is 0.0609. The number of furan rings is 1. The van der Waals surface area contributed by atoms with Gasteiger partial charge in [0.25, 0.3) is 0 Å². The molecule has 92 valence electrons. The van der Waals surface area contributed by atoms with Gasteiger partial charge in [0.15, 0.2) is 0 Å². The summed E-state index contributed by atoms with van der Waals surface area (Å²) in [4.78, 5) is 10.8. The topological polar surface area (TPSA) is 83.0 Å². The van der Waals surface area contributed by atoms with Gasteiger partial charge in [-0.25, -0.2) is 4.79 Å². The van der Waals surface area contributed by atoms with Crippen molar-refractivity contribution in [1.82, 2.24) is 0 Å². The number of benzene rings is 1. The lowest BCUT2D eigenvalue weighted by Gasteiger charge is -2.03. The standard InChI is InChI=1S/C13H11NO4/c1-8-6-9(13(15)16)2-4-11(8)12-5-3-10(18-12)7-14-17/h2-7,17H,1H3,(H,15,16)/b14-7-. The van der Waals surface area contributed by atoms with Crippen molar-refractivity contribution in [3.63, 3.8) is 0 Å². The lowest BCUT2D eigenvalue weighted by molar-refractivity contribution is 0.0697. The Kier molecular flexibility index (Phi) is 3.14. The monoisotopic (exact) mass is 245 g/mol. The van der Waals surface area contributed by atoms with Crippen LogP contribution in [0.1, 0.15) is 21.7 Å². The Morgan fingerprint density at radius 2 is 2.11 bits per heavy atom. The molecule has 1 aromatic heterocycles. The second-order valence-corrected chi connectivity index (χ2v) is 3.78. The molecule has 2 rings (SSSR count). The van der Waals surface area contributed by atoms with Crippen LogP contribution in [0.2, 0.25) is 0 Å². The molecule has 0 radical (unpaired) electrons. The first-order valence-corrected chi connectivity index (χ1v) is 5.23. The van der Waals surface area contributed by atoms with Crippen molar-refractivity contribution in [2.24, 2.45) is 5.16 Å². The molecular formula is C13H11NO4. The highest BCUT2D eigenvalue weighted by atomic mass is 16.4. The highest BCUT2D eigenvalue weighted by Gasteiger charge is 2.10. The lowest BCUT2D eigenvalue weighted by atomic mass is 10.0. The first-order valence-electron chi connectivity index (χ1n) is 5.23. The molecule has 0 saturated carbocycles. The fraction of sp³-hybridized carbons (Fsp3) is 0.0769. The number of rotatable bonds is 3. The van der Waals surface area contributed by atoms with Crippen LogP contribution >= 0.6 is 0 Å². The summed E-state index contributed by atoms with van der Waals surface area (Å²) in [6, 6.07) is 8.20. The van der Waals surface area contributed by atoms with Gasteiger partial charge >= 0.3 is 5.97 Å². The summed E-state index contributed by atoms with van der Waals surface area (Å²) in [5.41, 5.74) is 1.84. The van der Waals surface area contributed by atoms with Gasteiger partial charge in [-0.05, 0) is 36.8 Å². The van der Waals surface area contributed by atoms with Crippen molar-refractivity contribution in [1.29, 1.82) is 0 Å². The molecule has 0 saturated heterocycles. The first kappa shape index (κ1) is 11.9. The number of oxime groups is 1. The van der Waals surface area contributed by atoms with Crippen LogP contribution in [0, 0.1) is 6.92 Å². The Bertz CT molecular complexity index is 613. The van der Waals surface area contributed by atoms with Gasteiger partial charge in [0.05, 0.1) is 5.56 Å². The highest BCUT2D eigenvalue weighted by molar-refractivity contribution is 5.89. The smallest absolute Gasteiger partial charge is 0.335 e. The van der Waals surface area contributed by atoms with Crippen LogP contribution in [0.25, 0.3) is 11.3 Å². The van der Waals surface area contributed by atoms with Crippen molar-refractivity contribution < 1.29 is 19.5 Å². The summed E-state index contributed by atoms with van der Waals surface area (Å²) >= 11 is 0. The second-order valence-electron chi connectivity index (χ2n) is 3.78. The largest absolute Gasteiger partial charge is 0.478 e. The fourth-order valence-corrected chi connectivity index (χ4v) is 1.70. The van der Waals surface area contributed by atoms with Gasteiger partial charge in [-0.1, -0.05) is 11.2 Å². The maximum Gasteiger partial charge on any atom is 0.335 e. The number of nitrogens with zero attached hydrogens (tertiary/aromatic N) is 1. The number of carboxylic acids is 1. The zero-order chi connectivity index (χ0) is 13.1. The average Bonchev–Trinajstić information content (AvgIpc) is 2.77. The van der Waals surface area contributed by atoms with Crippen LogP contribution in [-0.4, -0.2) is 22.5 Å². The highest BCUT2D eigenvalue weighted by Crippen LogP contribution is 2.26. The zero-order valence-electron chi connectivity index (χ0n) is 9.62. The van der Waals surface area contributed by atoms with Crippen molar-refractivity contribution >= 4 is 12.2 Å². The fourth-order valence-electron chi connectivity index (χ4n) is 1.70. The van der Waals surface area contributed by atoms with Crippen molar-refractivity contribution in [2.75, 3.05) is 0 Å². The average molecular weight is 245 g/mol. The molecule has 0 aliphatic heterocycles. The Morgan fingerprint density at radius 1 is 1.33 bits per heavy atom. The van der Waals surface area contributed by atoms with E-state index in [9.17, 15) is 4.79 Å². The van der Waals surface area contributed by atoms with Gasteiger partial charge in [0.2, 0.25) is 0 Å². The van der Waals surface area contributed by atoms with Crippen LogP contribution in [-0.2, 0) is 0 Å². The quantitative estimate of drug-likeness (QED) is 0.494. The van der Waals surface area contributed by atoms with Crippen molar-refractivity contribution in [3.05, 3.63) is 47.2 Å². The van der Waals surface area contributed by atoms with Crippen LogP contribution in [0.15, 0.2) is 39.9 Å². The molecule has 1 aromatic carbocycles. The van der Waals surface area contributed by atoms with E-state index in [0.29, 0.717) is 11.5 Å². The Hall–Kier alpha value is -2.56. The number of hydrogen-bond acceptors (Lipinski definition) is 4. The molecule has 0 aliphatic carbocycles. The van der Waals surface area contributed by atoms with E-state index >= 15 is 0 Å². The third kappa shape index (κ3) is 2.24. The number of carboxylic acid groups (broad SMARTS) is 1. The minimum atomic E-state index is -0.961. The molecule has 0 aliphatic rings. The predicted octanol–water partition coefficient (Wildman–Crippen LogP) is 2.76. The van der Waals surface area contributed by atoms with Gasteiger partial charge in [-0.2, -0.15) is 0 Å². The summed E-state index contributed by atoms with van der Waals surface area (Å²) in [7, 11) is 0. The summed E-state index contributed by atoms with van der Waals surface area (Å²) in [6.07, 6.45) is 1.18. The molecule has 0 spiro atoms. The molecule has 0 amide bonds. The Labute approximate surface area is 103 Å². The third-order valence-electron chi connectivity index (χ3n) is 2.55. The van der Waals surface area contributed by atoms with Crippen molar-refractivity contribution in [3.8, 4) is 11.3 Å². The lowest BCUT2D eigenvalue weighted by Crippen LogP contribution is -1.96. The summed E-state index contributed by atoms with van der Waals surface area (Å²) < 4.78 is 5.43. The van der Waals surface area contributed by atoms with E-state index in [1.54, 1.807) is 24.3 Å². The Morgan fingerprint density at radius 3 is 2.72 bits per heavy atom. The maximum absolute atomic E-state index is 10.8. The predicted molar refractivity (Wildman–Crippen MR) is 65.2 cm³/mol. The van der Waals surface area contributed by atoms with E-state index in [2.05, 4.69) is 5.16 Å². The molecule has 5 heteroatoms. The van der Waals surface area contributed by atoms with E-state index in [1.807, 2.05) is 6.92 Å². The van der Waals surface area contributed by atoms with Crippen LogP contribution in [0.4, 0.5) is 0 Å². The first-order chi connectivity index (χ1) is 8.61. The Balaban J connectivity index is 2.41. The van der Waals surface area contributed by atoms with E-state index < -0.39 is 5.97 Å². The normalized spacial score (nSPS) is 10.9. The van der Waals surface area contributed by atoms with Gasteiger partial charge in [-0.3, -0.25) is 0 Å². The molecule has 2 aromatic rings. The van der Waals surface area contributed by atoms with Crippen LogP contribution in [0.5, 0.6) is 0 Å². The number of hydrogen-bond donors (Lipinski definition) is 2. The second kappa shape index (κ2) is 4.75. The van der Waals surface area contributed by atoms with Crippen LogP contribution < -0.4 is 0 Å². The SMILES string of the molecule is Cc1cc(C(=O)O)ccc1-c1ccc(/C=N\O)o1. The van der Waals surface area contributed by atoms with Gasteiger partial charge < -0.3 is 14.7 Å². The van der Waals surface area contributed by atoms with E-state index in [1.165, 1.54) is 12.3 Å². The van der Waals surface area contributed by atoms with E-state index in [-0.39, 0.29) is 5.56 Å². The number of carbonyl (C=O) groups is 1. The molecule has 0 fully saturated rings. The van der Waals surface area contributed by atoms with Crippen LogP contribution in [0.3, 0.4) is 0 Å². The maximum atomic E-state index is 10.8. The van der Waals surface area contributed by atoms with E-state index in [4.69, 9.17) is 14.7 Å². The minimum Gasteiger partial charge on any atom is -0.478 e. The summed E-state index contributed by atoms with van der Waals surface area (Å²) in [6.45, 7) is 1.81. The number of aryl methyl sites for hydroxylation is 1. The molecule has 5 nitrogen and oxygen atoms in total. The van der Waals surface area contributed by atoms with Gasteiger partial charge in [0.1, 0.15) is 17.7 Å². The number of aromatic carboxylic acids is 1. The molecular weight excluding hydrogens is 234 g/mol. The molecule has 0 unspecified atom stereocenters. The molecule has 0 atom stereocenters. The molecule has 0 bridgehead atoms.